The average Bonchev–Trinajstić information content (AvgIpc) is 3.28. The third kappa shape index (κ3) is 2.22. The first-order valence-electron chi connectivity index (χ1n) is 7.71. The van der Waals surface area contributed by atoms with Crippen molar-refractivity contribution in [3.63, 3.8) is 0 Å². The van der Waals surface area contributed by atoms with E-state index >= 15 is 0 Å². The summed E-state index contributed by atoms with van der Waals surface area (Å²) in [5.41, 5.74) is 7.70. The number of fused-ring (bicyclic) bond motifs is 1. The molecule has 24 heavy (non-hydrogen) atoms. The van der Waals surface area contributed by atoms with E-state index in [2.05, 4.69) is 9.97 Å². The highest BCUT2D eigenvalue weighted by Gasteiger charge is 2.42. The van der Waals surface area contributed by atoms with E-state index in [4.69, 9.17) is 10.5 Å². The van der Waals surface area contributed by atoms with E-state index in [9.17, 15) is 10.2 Å². The molecule has 1 aliphatic heterocycles. The molecule has 3 aromatic heterocycles. The van der Waals surface area contributed by atoms with Crippen molar-refractivity contribution in [1.82, 2.24) is 14.5 Å². The number of ether oxygens (including phenoxy) is 1. The lowest BCUT2D eigenvalue weighted by atomic mass is 10.0. The molecule has 126 valence electrons. The average molecular weight is 346 g/mol. The lowest BCUT2D eigenvalue weighted by Crippen LogP contribution is -2.28. The molecule has 4 rings (SSSR count). The third-order valence-electron chi connectivity index (χ3n) is 4.56. The highest BCUT2D eigenvalue weighted by Crippen LogP contribution is 2.41. The number of nitrogens with zero attached hydrogens (tertiary/aromatic N) is 3. The van der Waals surface area contributed by atoms with Crippen molar-refractivity contribution in [2.45, 2.75) is 25.4 Å². The minimum atomic E-state index is -0.734. The first-order chi connectivity index (χ1) is 11.6. The van der Waals surface area contributed by atoms with Crippen LogP contribution in [0.5, 0.6) is 0 Å². The molecule has 3 unspecified atom stereocenters. The summed E-state index contributed by atoms with van der Waals surface area (Å²) < 4.78 is 7.75. The molecule has 8 heteroatoms. The predicted molar refractivity (Wildman–Crippen MR) is 91.4 cm³/mol. The second-order valence-electron chi connectivity index (χ2n) is 5.98. The molecule has 0 spiro atoms. The van der Waals surface area contributed by atoms with Crippen LogP contribution in [0.1, 0.15) is 13.2 Å². The topological polar surface area (TPSA) is 106 Å². The van der Waals surface area contributed by atoms with Gasteiger partial charge in [0, 0.05) is 22.6 Å². The van der Waals surface area contributed by atoms with E-state index in [0.717, 1.165) is 15.8 Å². The number of aliphatic hydroxyl groups excluding tert-OH is 2. The van der Waals surface area contributed by atoms with Gasteiger partial charge >= 0.3 is 0 Å². The molecule has 1 saturated heterocycles. The molecular weight excluding hydrogens is 328 g/mol. The Bertz CT molecular complexity index is 864. The highest BCUT2D eigenvalue weighted by molar-refractivity contribution is 7.13. The van der Waals surface area contributed by atoms with Crippen molar-refractivity contribution in [1.29, 1.82) is 0 Å². The molecule has 4 N–H and O–H groups in total. The first kappa shape index (κ1) is 15.5. The lowest BCUT2D eigenvalue weighted by molar-refractivity contribution is -0.0444. The van der Waals surface area contributed by atoms with Crippen LogP contribution in [0, 0.1) is 5.92 Å². The van der Waals surface area contributed by atoms with Gasteiger partial charge in [-0.3, -0.25) is 0 Å². The highest BCUT2D eigenvalue weighted by atomic mass is 32.1. The van der Waals surface area contributed by atoms with Gasteiger partial charge in [-0.25, -0.2) is 9.97 Å². The number of nitrogens with two attached hydrogens (primary N) is 1. The van der Waals surface area contributed by atoms with Crippen LogP contribution < -0.4 is 5.73 Å². The number of aromatic nitrogens is 3. The van der Waals surface area contributed by atoms with Crippen molar-refractivity contribution in [3.8, 4) is 10.4 Å². The predicted octanol–water partition coefficient (Wildman–Crippen LogP) is 1.63. The zero-order valence-corrected chi connectivity index (χ0v) is 13.8. The van der Waals surface area contributed by atoms with E-state index in [1.54, 1.807) is 11.3 Å². The molecule has 7 nitrogen and oxygen atoms in total. The number of rotatable bonds is 3. The lowest BCUT2D eigenvalue weighted by Gasteiger charge is -2.18. The summed E-state index contributed by atoms with van der Waals surface area (Å²) in [6.45, 7) is 1.67. The van der Waals surface area contributed by atoms with Gasteiger partial charge in [0.25, 0.3) is 0 Å². The van der Waals surface area contributed by atoms with Crippen LogP contribution in [0.2, 0.25) is 0 Å². The monoisotopic (exact) mass is 346 g/mol. The van der Waals surface area contributed by atoms with Crippen LogP contribution in [0.3, 0.4) is 0 Å². The second kappa shape index (κ2) is 5.82. The molecule has 0 bridgehead atoms. The Balaban J connectivity index is 1.90. The smallest absolute Gasteiger partial charge is 0.148 e. The number of hydrogen-bond acceptors (Lipinski definition) is 7. The standard InChI is InChI=1S/C16H18N4O3S/c1-8-13(22)10(6-21)23-16(8)20-5-9(11-3-2-4-24-11)12-14(17)18-7-19-15(12)20/h2-5,7-8,10,13,16,21-22H,6H2,1H3,(H2,17,18,19)/t8?,10?,13-,16?/m0/s1. The maximum absolute atomic E-state index is 10.3. The van der Waals surface area contributed by atoms with E-state index < -0.39 is 18.4 Å². The van der Waals surface area contributed by atoms with E-state index in [0.29, 0.717) is 11.5 Å². The van der Waals surface area contributed by atoms with Crippen molar-refractivity contribution in [3.05, 3.63) is 30.0 Å². The van der Waals surface area contributed by atoms with Crippen molar-refractivity contribution >= 4 is 28.2 Å². The van der Waals surface area contributed by atoms with Crippen LogP contribution >= 0.6 is 11.3 Å². The number of aliphatic hydroxyl groups is 2. The maximum Gasteiger partial charge on any atom is 0.148 e. The Morgan fingerprint density at radius 3 is 2.92 bits per heavy atom. The summed E-state index contributed by atoms with van der Waals surface area (Å²) in [7, 11) is 0. The largest absolute Gasteiger partial charge is 0.394 e. The van der Waals surface area contributed by atoms with Crippen LogP contribution in [0.4, 0.5) is 5.82 Å². The van der Waals surface area contributed by atoms with Crippen molar-refractivity contribution < 1.29 is 14.9 Å². The number of anilines is 1. The summed E-state index contributed by atoms with van der Waals surface area (Å²) in [5.74, 6) is 0.220. The normalized spacial score (nSPS) is 27.1. The minimum Gasteiger partial charge on any atom is -0.394 e. The zero-order valence-electron chi connectivity index (χ0n) is 13.0. The molecule has 0 aliphatic carbocycles. The molecule has 1 fully saturated rings. The van der Waals surface area contributed by atoms with Crippen LogP contribution in [-0.4, -0.2) is 43.6 Å². The summed E-state index contributed by atoms with van der Waals surface area (Å²) in [6, 6.07) is 3.99. The SMILES string of the molecule is CC1C(n2cc(-c3cccs3)c3c(N)ncnc32)OC(CO)[C@H]1O. The second-order valence-corrected chi connectivity index (χ2v) is 6.93. The van der Waals surface area contributed by atoms with Gasteiger partial charge in [-0.15, -0.1) is 11.3 Å². The van der Waals surface area contributed by atoms with Crippen LogP contribution in [-0.2, 0) is 4.74 Å². The summed E-state index contributed by atoms with van der Waals surface area (Å²) in [5, 5.41) is 22.4. The number of thiophene rings is 1. The number of hydrogen-bond donors (Lipinski definition) is 3. The van der Waals surface area contributed by atoms with Crippen molar-refractivity contribution in [2.24, 2.45) is 5.92 Å². The van der Waals surface area contributed by atoms with Gasteiger partial charge in [0.1, 0.15) is 30.1 Å². The zero-order chi connectivity index (χ0) is 16.8. The molecule has 3 aromatic rings. The van der Waals surface area contributed by atoms with Crippen LogP contribution in [0.15, 0.2) is 30.0 Å². The summed E-state index contributed by atoms with van der Waals surface area (Å²) >= 11 is 1.61. The molecule has 1 aliphatic rings. The quantitative estimate of drug-likeness (QED) is 0.665. The molecule has 0 radical (unpaired) electrons. The Hall–Kier alpha value is -2.00. The molecule has 4 heterocycles. The Morgan fingerprint density at radius 2 is 2.25 bits per heavy atom. The number of nitrogen functional groups attached to an aromatic ring is 1. The van der Waals surface area contributed by atoms with Gasteiger partial charge in [0.2, 0.25) is 0 Å². The van der Waals surface area contributed by atoms with Gasteiger partial charge < -0.3 is 25.3 Å². The van der Waals surface area contributed by atoms with Crippen LogP contribution in [0.25, 0.3) is 21.5 Å². The van der Waals surface area contributed by atoms with Gasteiger partial charge in [0.05, 0.1) is 18.1 Å². The Labute approximate surface area is 142 Å². The van der Waals surface area contributed by atoms with E-state index in [1.165, 1.54) is 6.33 Å². The fourth-order valence-corrected chi connectivity index (χ4v) is 4.02. The van der Waals surface area contributed by atoms with Gasteiger partial charge in [-0.1, -0.05) is 13.0 Å². The summed E-state index contributed by atoms with van der Waals surface area (Å²) in [6.07, 6.45) is 1.59. The molecule has 4 atom stereocenters. The van der Waals surface area contributed by atoms with Crippen molar-refractivity contribution in [2.75, 3.05) is 12.3 Å². The third-order valence-corrected chi connectivity index (χ3v) is 5.47. The fraction of sp³-hybridized carbons (Fsp3) is 0.375. The van der Waals surface area contributed by atoms with Gasteiger partial charge in [0.15, 0.2) is 0 Å². The van der Waals surface area contributed by atoms with E-state index in [-0.39, 0.29) is 12.5 Å². The maximum atomic E-state index is 10.3. The minimum absolute atomic E-state index is 0.190. The Kier molecular flexibility index (Phi) is 3.76. The fourth-order valence-electron chi connectivity index (χ4n) is 3.28. The van der Waals surface area contributed by atoms with E-state index in [1.807, 2.05) is 35.2 Å². The van der Waals surface area contributed by atoms with Gasteiger partial charge in [-0.2, -0.15) is 0 Å². The molecule has 0 amide bonds. The molecular formula is C16H18N4O3S. The Morgan fingerprint density at radius 1 is 1.42 bits per heavy atom. The molecule has 0 aromatic carbocycles. The molecule has 0 saturated carbocycles. The van der Waals surface area contributed by atoms with Gasteiger partial charge in [-0.05, 0) is 11.4 Å². The summed E-state index contributed by atoms with van der Waals surface area (Å²) in [4.78, 5) is 9.55. The first-order valence-corrected chi connectivity index (χ1v) is 8.59.